The second kappa shape index (κ2) is 6.02. The smallest absolute Gasteiger partial charge is 0.336 e. The molecule has 7 heteroatoms. The van der Waals surface area contributed by atoms with Gasteiger partial charge in [0.2, 0.25) is 0 Å². The Morgan fingerprint density at radius 2 is 1.90 bits per heavy atom. The molecular formula is C14H12INO4S. The first-order valence-corrected chi connectivity index (χ1v) is 8.48. The summed E-state index contributed by atoms with van der Waals surface area (Å²) in [6, 6.07) is 10.9. The molecule has 0 aliphatic rings. The zero-order valence-corrected chi connectivity index (χ0v) is 14.0. The lowest BCUT2D eigenvalue weighted by Crippen LogP contribution is -2.14. The highest BCUT2D eigenvalue weighted by Gasteiger charge is 2.18. The average Bonchev–Trinajstić information content (AvgIpc) is 2.38. The number of aromatic carboxylic acids is 1. The third-order valence-corrected chi connectivity index (χ3v) is 5.07. The molecule has 0 saturated heterocycles. The second-order valence-electron chi connectivity index (χ2n) is 4.42. The van der Waals surface area contributed by atoms with E-state index in [0.717, 1.165) is 11.6 Å². The van der Waals surface area contributed by atoms with Gasteiger partial charge in [0.15, 0.2) is 0 Å². The molecule has 5 nitrogen and oxygen atoms in total. The first-order chi connectivity index (χ1) is 9.79. The Hall–Kier alpha value is -1.61. The van der Waals surface area contributed by atoms with Gasteiger partial charge in [0, 0.05) is 9.26 Å². The van der Waals surface area contributed by atoms with Crippen molar-refractivity contribution in [2.24, 2.45) is 0 Å². The van der Waals surface area contributed by atoms with Crippen LogP contribution in [0.4, 0.5) is 5.69 Å². The number of rotatable bonds is 4. The van der Waals surface area contributed by atoms with Gasteiger partial charge in [-0.1, -0.05) is 12.1 Å². The van der Waals surface area contributed by atoms with Crippen molar-refractivity contribution in [3.63, 3.8) is 0 Å². The van der Waals surface area contributed by atoms with Crippen LogP contribution in [0.5, 0.6) is 0 Å². The molecule has 0 spiro atoms. The van der Waals surface area contributed by atoms with Gasteiger partial charge in [-0.15, -0.1) is 0 Å². The first-order valence-electron chi connectivity index (χ1n) is 5.92. The topological polar surface area (TPSA) is 83.5 Å². The monoisotopic (exact) mass is 417 g/mol. The van der Waals surface area contributed by atoms with Crippen molar-refractivity contribution in [3.8, 4) is 0 Å². The molecule has 110 valence electrons. The normalized spacial score (nSPS) is 11.1. The van der Waals surface area contributed by atoms with Crippen LogP contribution in [0.1, 0.15) is 15.9 Å². The minimum atomic E-state index is -3.82. The number of nitrogens with one attached hydrogen (secondary N) is 1. The maximum atomic E-state index is 12.3. The molecule has 0 amide bonds. The summed E-state index contributed by atoms with van der Waals surface area (Å²) in [5.74, 6) is -1.16. The molecule has 2 rings (SSSR count). The molecule has 0 atom stereocenters. The van der Waals surface area contributed by atoms with Crippen molar-refractivity contribution in [2.75, 3.05) is 4.72 Å². The van der Waals surface area contributed by atoms with Crippen LogP contribution in [0, 0.1) is 10.5 Å². The first kappa shape index (κ1) is 15.8. The van der Waals surface area contributed by atoms with E-state index in [4.69, 9.17) is 5.11 Å². The van der Waals surface area contributed by atoms with Gasteiger partial charge in [-0.25, -0.2) is 13.2 Å². The lowest BCUT2D eigenvalue weighted by molar-refractivity contribution is 0.0695. The van der Waals surface area contributed by atoms with Gasteiger partial charge in [0.1, 0.15) is 0 Å². The van der Waals surface area contributed by atoms with E-state index in [2.05, 4.69) is 4.72 Å². The second-order valence-corrected chi connectivity index (χ2v) is 7.27. The maximum Gasteiger partial charge on any atom is 0.336 e. The van der Waals surface area contributed by atoms with Crippen molar-refractivity contribution in [3.05, 3.63) is 57.2 Å². The molecule has 2 aromatic carbocycles. The van der Waals surface area contributed by atoms with Crippen molar-refractivity contribution < 1.29 is 18.3 Å². The number of halogens is 1. The van der Waals surface area contributed by atoms with Gasteiger partial charge >= 0.3 is 5.97 Å². The number of benzene rings is 2. The summed E-state index contributed by atoms with van der Waals surface area (Å²) in [5.41, 5.74) is 1.32. The minimum absolute atomic E-state index is 0.0392. The van der Waals surface area contributed by atoms with E-state index >= 15 is 0 Å². The summed E-state index contributed by atoms with van der Waals surface area (Å²) in [7, 11) is -3.82. The van der Waals surface area contributed by atoms with Crippen molar-refractivity contribution >= 4 is 44.3 Å². The highest BCUT2D eigenvalue weighted by Crippen LogP contribution is 2.21. The average molecular weight is 417 g/mol. The molecule has 0 aromatic heterocycles. The number of carbonyl (C=O) groups is 1. The molecule has 0 fully saturated rings. The fourth-order valence-corrected chi connectivity index (χ4v) is 3.40. The summed E-state index contributed by atoms with van der Waals surface area (Å²) in [6.45, 7) is 1.85. The predicted octanol–water partition coefficient (Wildman–Crippen LogP) is 3.10. The van der Waals surface area contributed by atoms with Crippen LogP contribution >= 0.6 is 22.6 Å². The van der Waals surface area contributed by atoms with Crippen molar-refractivity contribution in [1.82, 2.24) is 0 Å². The Kier molecular flexibility index (Phi) is 4.52. The molecule has 0 radical (unpaired) electrons. The number of sulfonamides is 1. The zero-order valence-electron chi connectivity index (χ0n) is 11.0. The summed E-state index contributed by atoms with van der Waals surface area (Å²) in [5, 5.41) is 9.06. The van der Waals surface area contributed by atoms with Crippen LogP contribution in [-0.2, 0) is 10.0 Å². The van der Waals surface area contributed by atoms with Gasteiger partial charge in [-0.2, -0.15) is 0 Å². The molecule has 2 N–H and O–H groups in total. The van der Waals surface area contributed by atoms with E-state index in [0.29, 0.717) is 9.26 Å². The highest BCUT2D eigenvalue weighted by molar-refractivity contribution is 14.1. The van der Waals surface area contributed by atoms with Crippen LogP contribution in [-0.4, -0.2) is 19.5 Å². The van der Waals surface area contributed by atoms with Crippen LogP contribution in [0.15, 0.2) is 47.4 Å². The predicted molar refractivity (Wildman–Crippen MR) is 88.1 cm³/mol. The van der Waals surface area contributed by atoms with Gasteiger partial charge < -0.3 is 5.11 Å². The summed E-state index contributed by atoms with van der Waals surface area (Å²) < 4.78 is 27.5. The molecule has 0 bridgehead atoms. The summed E-state index contributed by atoms with van der Waals surface area (Å²) in [6.07, 6.45) is 0. The Balaban J connectivity index is 2.40. The zero-order chi connectivity index (χ0) is 15.6. The largest absolute Gasteiger partial charge is 0.478 e. The number of aryl methyl sites for hydroxylation is 1. The van der Waals surface area contributed by atoms with Gasteiger partial charge in [-0.05, 0) is 65.4 Å². The lowest BCUT2D eigenvalue weighted by atomic mass is 10.2. The SMILES string of the molecule is Cc1cccc(NS(=O)(=O)c2ccc(I)c(C(=O)O)c2)c1. The van der Waals surface area contributed by atoms with Crippen LogP contribution in [0.3, 0.4) is 0 Å². The Morgan fingerprint density at radius 1 is 1.19 bits per heavy atom. The molecule has 0 aliphatic heterocycles. The Bertz CT molecular complexity index is 802. The molecule has 21 heavy (non-hydrogen) atoms. The van der Waals surface area contributed by atoms with Gasteiger partial charge in [0.05, 0.1) is 10.5 Å². The van der Waals surface area contributed by atoms with E-state index < -0.39 is 16.0 Å². The van der Waals surface area contributed by atoms with E-state index in [1.54, 1.807) is 18.2 Å². The summed E-state index contributed by atoms with van der Waals surface area (Å²) in [4.78, 5) is 11.0. The van der Waals surface area contributed by atoms with Gasteiger partial charge in [0.25, 0.3) is 10.0 Å². The van der Waals surface area contributed by atoms with Gasteiger partial charge in [-0.3, -0.25) is 4.72 Å². The molecule has 0 unspecified atom stereocenters. The third-order valence-electron chi connectivity index (χ3n) is 2.75. The quantitative estimate of drug-likeness (QED) is 0.750. The fourth-order valence-electron chi connectivity index (χ4n) is 1.76. The van der Waals surface area contributed by atoms with E-state index in [-0.39, 0.29) is 10.5 Å². The number of hydrogen-bond donors (Lipinski definition) is 2. The number of carboxylic acid groups (broad SMARTS) is 1. The van der Waals surface area contributed by atoms with Crippen molar-refractivity contribution in [2.45, 2.75) is 11.8 Å². The molecule has 2 aromatic rings. The molecule has 0 aliphatic carbocycles. The van der Waals surface area contributed by atoms with Crippen LogP contribution in [0.2, 0.25) is 0 Å². The van der Waals surface area contributed by atoms with E-state index in [1.807, 2.05) is 35.6 Å². The molecule has 0 heterocycles. The van der Waals surface area contributed by atoms with Crippen molar-refractivity contribution in [1.29, 1.82) is 0 Å². The van der Waals surface area contributed by atoms with Crippen LogP contribution in [0.25, 0.3) is 0 Å². The fraction of sp³-hybridized carbons (Fsp3) is 0.0714. The highest BCUT2D eigenvalue weighted by atomic mass is 127. The maximum absolute atomic E-state index is 12.3. The number of anilines is 1. The van der Waals surface area contributed by atoms with E-state index in [1.165, 1.54) is 12.1 Å². The molecule has 0 saturated carbocycles. The van der Waals surface area contributed by atoms with E-state index in [9.17, 15) is 13.2 Å². The third kappa shape index (κ3) is 3.73. The summed E-state index contributed by atoms with van der Waals surface area (Å²) >= 11 is 1.85. The Morgan fingerprint density at radius 3 is 2.52 bits per heavy atom. The minimum Gasteiger partial charge on any atom is -0.478 e. The molecular weight excluding hydrogens is 405 g/mol. The van der Waals surface area contributed by atoms with Crippen LogP contribution < -0.4 is 4.72 Å². The standard InChI is InChI=1S/C14H12INO4S/c1-9-3-2-4-10(7-9)16-21(19,20)11-5-6-13(15)12(8-11)14(17)18/h2-8,16H,1H3,(H,17,18). The number of hydrogen-bond acceptors (Lipinski definition) is 3. The Labute approximate surface area is 136 Å². The number of carboxylic acids is 1. The lowest BCUT2D eigenvalue weighted by Gasteiger charge is -2.10.